The molecule has 0 bridgehead atoms. The van der Waals surface area contributed by atoms with Crippen molar-refractivity contribution >= 4 is 0 Å². The standard InChI is InChI=1S/C15H27N3/c1-3-13-5-7-14(8-6-13)11-16-12-15-9-10-17-18(15)4-2/h9-10,13-14,16H,3-8,11-12H2,1-2H3. The summed E-state index contributed by atoms with van der Waals surface area (Å²) in [7, 11) is 0. The monoisotopic (exact) mass is 249 g/mol. The van der Waals surface area contributed by atoms with Crippen molar-refractivity contribution in [2.24, 2.45) is 11.8 Å². The molecule has 1 aromatic rings. The quantitative estimate of drug-likeness (QED) is 0.839. The van der Waals surface area contributed by atoms with Gasteiger partial charge in [-0.3, -0.25) is 4.68 Å². The first-order valence-electron chi connectivity index (χ1n) is 7.54. The smallest absolute Gasteiger partial charge is 0.0521 e. The molecule has 0 unspecified atom stereocenters. The third-order valence-corrected chi connectivity index (χ3v) is 4.39. The Kier molecular flexibility index (Phi) is 5.24. The SMILES string of the molecule is CCC1CCC(CNCc2ccnn2CC)CC1. The lowest BCUT2D eigenvalue weighted by Gasteiger charge is -2.27. The van der Waals surface area contributed by atoms with Crippen molar-refractivity contribution in [1.29, 1.82) is 0 Å². The zero-order chi connectivity index (χ0) is 12.8. The molecule has 1 aliphatic carbocycles. The topological polar surface area (TPSA) is 29.9 Å². The van der Waals surface area contributed by atoms with Crippen molar-refractivity contribution in [2.75, 3.05) is 6.54 Å². The third-order valence-electron chi connectivity index (χ3n) is 4.39. The van der Waals surface area contributed by atoms with Crippen LogP contribution in [0.5, 0.6) is 0 Å². The number of aryl methyl sites for hydroxylation is 1. The van der Waals surface area contributed by atoms with Crippen LogP contribution >= 0.6 is 0 Å². The van der Waals surface area contributed by atoms with E-state index in [1.807, 2.05) is 6.20 Å². The second-order valence-corrected chi connectivity index (χ2v) is 5.56. The fourth-order valence-electron chi connectivity index (χ4n) is 3.04. The first-order chi connectivity index (χ1) is 8.83. The van der Waals surface area contributed by atoms with Crippen LogP contribution in [-0.4, -0.2) is 16.3 Å². The molecule has 0 saturated heterocycles. The fourth-order valence-corrected chi connectivity index (χ4v) is 3.04. The van der Waals surface area contributed by atoms with E-state index in [9.17, 15) is 0 Å². The van der Waals surface area contributed by atoms with Crippen LogP contribution < -0.4 is 5.32 Å². The molecule has 18 heavy (non-hydrogen) atoms. The first-order valence-corrected chi connectivity index (χ1v) is 7.54. The molecule has 0 spiro atoms. The van der Waals surface area contributed by atoms with Crippen LogP contribution in [0.15, 0.2) is 12.3 Å². The summed E-state index contributed by atoms with van der Waals surface area (Å²) in [5, 5.41) is 7.90. The van der Waals surface area contributed by atoms with Gasteiger partial charge >= 0.3 is 0 Å². The molecule has 2 rings (SSSR count). The van der Waals surface area contributed by atoms with Crippen molar-refractivity contribution in [3.8, 4) is 0 Å². The average Bonchev–Trinajstić information content (AvgIpc) is 2.87. The van der Waals surface area contributed by atoms with E-state index in [0.29, 0.717) is 0 Å². The van der Waals surface area contributed by atoms with Crippen LogP contribution in [0.2, 0.25) is 0 Å². The van der Waals surface area contributed by atoms with Gasteiger partial charge in [0.25, 0.3) is 0 Å². The maximum atomic E-state index is 4.30. The van der Waals surface area contributed by atoms with Gasteiger partial charge in [-0.15, -0.1) is 0 Å². The lowest BCUT2D eigenvalue weighted by Crippen LogP contribution is -2.27. The molecule has 0 aliphatic heterocycles. The van der Waals surface area contributed by atoms with Crippen molar-refractivity contribution in [2.45, 2.75) is 59.0 Å². The Morgan fingerprint density at radius 1 is 1.22 bits per heavy atom. The predicted octanol–water partition coefficient (Wildman–Crippen LogP) is 3.21. The van der Waals surface area contributed by atoms with Gasteiger partial charge in [0, 0.05) is 19.3 Å². The van der Waals surface area contributed by atoms with E-state index in [1.165, 1.54) is 44.3 Å². The molecule has 1 fully saturated rings. The average molecular weight is 249 g/mol. The van der Waals surface area contributed by atoms with Crippen molar-refractivity contribution in [3.63, 3.8) is 0 Å². The summed E-state index contributed by atoms with van der Waals surface area (Å²) < 4.78 is 2.07. The lowest BCUT2D eigenvalue weighted by molar-refractivity contribution is 0.262. The van der Waals surface area contributed by atoms with E-state index in [4.69, 9.17) is 0 Å². The van der Waals surface area contributed by atoms with Gasteiger partial charge in [0.1, 0.15) is 0 Å². The molecule has 3 heteroatoms. The van der Waals surface area contributed by atoms with E-state index in [0.717, 1.165) is 24.9 Å². The first kappa shape index (κ1) is 13.6. The van der Waals surface area contributed by atoms with Crippen LogP contribution in [0.25, 0.3) is 0 Å². The van der Waals surface area contributed by atoms with Crippen LogP contribution in [-0.2, 0) is 13.1 Å². The van der Waals surface area contributed by atoms with Gasteiger partial charge in [-0.1, -0.05) is 26.2 Å². The van der Waals surface area contributed by atoms with Gasteiger partial charge in [0.15, 0.2) is 0 Å². The zero-order valence-electron chi connectivity index (χ0n) is 11.9. The van der Waals surface area contributed by atoms with E-state index in [-0.39, 0.29) is 0 Å². The van der Waals surface area contributed by atoms with E-state index < -0.39 is 0 Å². The van der Waals surface area contributed by atoms with E-state index in [1.54, 1.807) is 0 Å². The van der Waals surface area contributed by atoms with Crippen LogP contribution in [0.4, 0.5) is 0 Å². The van der Waals surface area contributed by atoms with Crippen LogP contribution in [0, 0.1) is 11.8 Å². The van der Waals surface area contributed by atoms with Gasteiger partial charge in [0.2, 0.25) is 0 Å². The Hall–Kier alpha value is -0.830. The number of nitrogens with one attached hydrogen (secondary N) is 1. The molecule has 1 saturated carbocycles. The number of hydrogen-bond donors (Lipinski definition) is 1. The summed E-state index contributed by atoms with van der Waals surface area (Å²) in [6.45, 7) is 7.57. The normalized spacial score (nSPS) is 24.3. The maximum absolute atomic E-state index is 4.30. The third kappa shape index (κ3) is 3.58. The Morgan fingerprint density at radius 3 is 2.61 bits per heavy atom. The molecule has 102 valence electrons. The van der Waals surface area contributed by atoms with Crippen LogP contribution in [0.3, 0.4) is 0 Å². The summed E-state index contributed by atoms with van der Waals surface area (Å²) >= 11 is 0. The lowest BCUT2D eigenvalue weighted by atomic mass is 9.81. The molecular weight excluding hydrogens is 222 g/mol. The molecule has 0 amide bonds. The number of aromatic nitrogens is 2. The largest absolute Gasteiger partial charge is 0.311 e. The molecule has 1 N–H and O–H groups in total. The number of nitrogens with zero attached hydrogens (tertiary/aromatic N) is 2. The summed E-state index contributed by atoms with van der Waals surface area (Å²) in [5.74, 6) is 1.90. The van der Waals surface area contributed by atoms with Gasteiger partial charge < -0.3 is 5.32 Å². The number of hydrogen-bond acceptors (Lipinski definition) is 2. The molecule has 0 atom stereocenters. The van der Waals surface area contributed by atoms with E-state index >= 15 is 0 Å². The summed E-state index contributed by atoms with van der Waals surface area (Å²) in [4.78, 5) is 0. The summed E-state index contributed by atoms with van der Waals surface area (Å²) in [5.41, 5.74) is 1.31. The molecule has 0 radical (unpaired) electrons. The second kappa shape index (κ2) is 6.93. The second-order valence-electron chi connectivity index (χ2n) is 5.56. The Morgan fingerprint density at radius 2 is 1.94 bits per heavy atom. The maximum Gasteiger partial charge on any atom is 0.0521 e. The number of rotatable bonds is 6. The highest BCUT2D eigenvalue weighted by atomic mass is 15.3. The fraction of sp³-hybridized carbons (Fsp3) is 0.800. The zero-order valence-corrected chi connectivity index (χ0v) is 11.9. The minimum Gasteiger partial charge on any atom is -0.311 e. The highest BCUT2D eigenvalue weighted by Gasteiger charge is 2.19. The highest BCUT2D eigenvalue weighted by molar-refractivity contribution is 4.99. The molecule has 3 nitrogen and oxygen atoms in total. The Bertz CT molecular complexity index is 337. The molecular formula is C15H27N3. The van der Waals surface area contributed by atoms with Gasteiger partial charge in [0.05, 0.1) is 5.69 Å². The van der Waals surface area contributed by atoms with Crippen molar-refractivity contribution in [1.82, 2.24) is 15.1 Å². The van der Waals surface area contributed by atoms with Gasteiger partial charge in [-0.2, -0.15) is 5.10 Å². The molecule has 1 aliphatic rings. The van der Waals surface area contributed by atoms with E-state index in [2.05, 4.69) is 35.0 Å². The highest BCUT2D eigenvalue weighted by Crippen LogP contribution is 2.30. The molecule has 0 aromatic carbocycles. The Balaban J connectivity index is 1.67. The summed E-state index contributed by atoms with van der Waals surface area (Å²) in [6.07, 6.45) is 8.98. The minimum absolute atomic E-state index is 0.894. The van der Waals surface area contributed by atoms with Gasteiger partial charge in [-0.05, 0) is 44.2 Å². The van der Waals surface area contributed by atoms with Gasteiger partial charge in [-0.25, -0.2) is 0 Å². The molecule has 1 aromatic heterocycles. The van der Waals surface area contributed by atoms with Crippen molar-refractivity contribution in [3.05, 3.63) is 18.0 Å². The molecule has 1 heterocycles. The minimum atomic E-state index is 0.894. The van der Waals surface area contributed by atoms with Crippen molar-refractivity contribution < 1.29 is 0 Å². The predicted molar refractivity (Wildman–Crippen MR) is 75.3 cm³/mol. The van der Waals surface area contributed by atoms with Crippen LogP contribution in [0.1, 0.15) is 51.6 Å². The summed E-state index contributed by atoms with van der Waals surface area (Å²) in [6, 6.07) is 2.12. The Labute approximate surface area is 111 Å².